The Morgan fingerprint density at radius 3 is 2.65 bits per heavy atom. The van der Waals surface area contributed by atoms with Crippen LogP contribution in [0, 0.1) is 12.7 Å². The molecule has 3 aromatic rings. The third-order valence-electron chi connectivity index (χ3n) is 3.62. The predicted octanol–water partition coefficient (Wildman–Crippen LogP) is 4.20. The second-order valence-electron chi connectivity index (χ2n) is 4.92. The van der Waals surface area contributed by atoms with Gasteiger partial charge in [-0.1, -0.05) is 24.3 Å². The predicted molar refractivity (Wildman–Crippen MR) is 78.4 cm³/mol. The minimum absolute atomic E-state index is 0.287. The summed E-state index contributed by atoms with van der Waals surface area (Å²) < 4.78 is 21.2. The highest BCUT2D eigenvalue weighted by Crippen LogP contribution is 2.24. The average molecular weight is 269 g/mol. The highest BCUT2D eigenvalue weighted by molar-refractivity contribution is 5.84. The minimum atomic E-state index is -0.331. The van der Waals surface area contributed by atoms with Gasteiger partial charge in [0.25, 0.3) is 0 Å². The van der Waals surface area contributed by atoms with Gasteiger partial charge in [0, 0.05) is 18.0 Å². The third-order valence-corrected chi connectivity index (χ3v) is 3.62. The van der Waals surface area contributed by atoms with Gasteiger partial charge >= 0.3 is 0 Å². The molecule has 0 bridgehead atoms. The summed E-state index contributed by atoms with van der Waals surface area (Å²) in [4.78, 5) is 0. The summed E-state index contributed by atoms with van der Waals surface area (Å²) in [6.07, 6.45) is 0. The van der Waals surface area contributed by atoms with E-state index in [1.807, 2.05) is 13.1 Å². The summed E-state index contributed by atoms with van der Waals surface area (Å²) in [5, 5.41) is 1.21. The zero-order valence-electron chi connectivity index (χ0n) is 11.6. The van der Waals surface area contributed by atoms with Gasteiger partial charge in [-0.05, 0) is 36.8 Å². The van der Waals surface area contributed by atoms with E-state index in [0.29, 0.717) is 6.61 Å². The highest BCUT2D eigenvalue weighted by atomic mass is 19.1. The minimum Gasteiger partial charge on any atom is -0.484 e. The molecule has 0 aliphatic heterocycles. The van der Waals surface area contributed by atoms with Gasteiger partial charge < -0.3 is 9.30 Å². The Labute approximate surface area is 117 Å². The second-order valence-corrected chi connectivity index (χ2v) is 4.92. The van der Waals surface area contributed by atoms with Crippen LogP contribution in [0.4, 0.5) is 4.39 Å². The molecule has 2 aromatic carbocycles. The fourth-order valence-corrected chi connectivity index (χ4v) is 2.42. The molecule has 0 N–H and O–H groups in total. The quantitative estimate of drug-likeness (QED) is 0.695. The molecule has 0 saturated heterocycles. The molecule has 0 saturated carbocycles. The Bertz CT molecular complexity index is 761. The van der Waals surface area contributed by atoms with Crippen LogP contribution in [0.25, 0.3) is 10.9 Å². The van der Waals surface area contributed by atoms with Crippen molar-refractivity contribution >= 4 is 10.9 Å². The van der Waals surface area contributed by atoms with Crippen molar-refractivity contribution in [1.29, 1.82) is 0 Å². The number of nitrogens with zero attached hydrogens (tertiary/aromatic N) is 1. The number of halogens is 1. The summed E-state index contributed by atoms with van der Waals surface area (Å²) in [7, 11) is 2.00. The molecule has 0 aliphatic carbocycles. The van der Waals surface area contributed by atoms with E-state index in [4.69, 9.17) is 4.74 Å². The van der Waals surface area contributed by atoms with Gasteiger partial charge in [0.1, 0.15) is 6.61 Å². The van der Waals surface area contributed by atoms with Crippen LogP contribution < -0.4 is 4.74 Å². The molecular formula is C17H16FNO. The van der Waals surface area contributed by atoms with E-state index >= 15 is 0 Å². The van der Waals surface area contributed by atoms with E-state index < -0.39 is 0 Å². The van der Waals surface area contributed by atoms with Crippen LogP contribution in [-0.2, 0) is 13.7 Å². The highest BCUT2D eigenvalue weighted by Gasteiger charge is 2.09. The lowest BCUT2D eigenvalue weighted by molar-refractivity contribution is 0.283. The number of fused-ring (bicyclic) bond motifs is 1. The zero-order chi connectivity index (χ0) is 14.1. The Morgan fingerprint density at radius 1 is 1.10 bits per heavy atom. The normalized spacial score (nSPS) is 10.9. The van der Waals surface area contributed by atoms with Crippen molar-refractivity contribution in [1.82, 2.24) is 4.57 Å². The van der Waals surface area contributed by atoms with E-state index in [-0.39, 0.29) is 11.6 Å². The third kappa shape index (κ3) is 2.16. The van der Waals surface area contributed by atoms with Crippen LogP contribution in [0.3, 0.4) is 0 Å². The number of hydrogen-bond acceptors (Lipinski definition) is 1. The van der Waals surface area contributed by atoms with E-state index in [1.54, 1.807) is 18.2 Å². The molecule has 0 spiro atoms. The van der Waals surface area contributed by atoms with E-state index in [1.165, 1.54) is 17.0 Å². The van der Waals surface area contributed by atoms with Crippen molar-refractivity contribution in [2.75, 3.05) is 0 Å². The zero-order valence-corrected chi connectivity index (χ0v) is 11.6. The lowest BCUT2D eigenvalue weighted by atomic mass is 10.1. The van der Waals surface area contributed by atoms with Crippen molar-refractivity contribution in [3.63, 3.8) is 0 Å². The van der Waals surface area contributed by atoms with Gasteiger partial charge in [-0.25, -0.2) is 4.39 Å². The maximum Gasteiger partial charge on any atom is 0.165 e. The van der Waals surface area contributed by atoms with Crippen molar-refractivity contribution in [3.8, 4) is 5.75 Å². The summed E-state index contributed by atoms with van der Waals surface area (Å²) in [6.45, 7) is 2.44. The molecule has 0 radical (unpaired) electrons. The van der Waals surface area contributed by atoms with Crippen LogP contribution in [-0.4, -0.2) is 4.57 Å². The van der Waals surface area contributed by atoms with Crippen LogP contribution in [0.1, 0.15) is 11.3 Å². The molecule has 3 heteroatoms. The van der Waals surface area contributed by atoms with Crippen LogP contribution in [0.15, 0.2) is 48.5 Å². The number of benzene rings is 2. The van der Waals surface area contributed by atoms with Gasteiger partial charge in [0.2, 0.25) is 0 Å². The molecule has 0 unspecified atom stereocenters. The van der Waals surface area contributed by atoms with Gasteiger partial charge in [0.15, 0.2) is 11.6 Å². The van der Waals surface area contributed by atoms with Crippen LogP contribution >= 0.6 is 0 Å². The summed E-state index contributed by atoms with van der Waals surface area (Å²) in [5.74, 6) is -0.0445. The number of ether oxygens (including phenoxy) is 1. The van der Waals surface area contributed by atoms with Gasteiger partial charge in [-0.2, -0.15) is 0 Å². The second kappa shape index (κ2) is 5.00. The monoisotopic (exact) mass is 269 g/mol. The fourth-order valence-electron chi connectivity index (χ4n) is 2.42. The fraction of sp³-hybridized carbons (Fsp3) is 0.176. The lowest BCUT2D eigenvalue weighted by Crippen LogP contribution is -2.02. The molecule has 0 amide bonds. The SMILES string of the molecule is Cc1cccc2c1cc(COc1ccccc1F)n2C. The number of aromatic nitrogens is 1. The average Bonchev–Trinajstić information content (AvgIpc) is 2.77. The molecule has 20 heavy (non-hydrogen) atoms. The number of para-hydroxylation sites is 1. The first-order valence-corrected chi connectivity index (χ1v) is 6.58. The summed E-state index contributed by atoms with van der Waals surface area (Å²) in [5.41, 5.74) is 3.42. The maximum atomic E-state index is 13.5. The van der Waals surface area contributed by atoms with Crippen molar-refractivity contribution < 1.29 is 9.13 Å². The molecule has 1 heterocycles. The Hall–Kier alpha value is -2.29. The largest absolute Gasteiger partial charge is 0.484 e. The number of hydrogen-bond donors (Lipinski definition) is 0. The Morgan fingerprint density at radius 2 is 1.90 bits per heavy atom. The molecule has 0 fully saturated rings. The Kier molecular flexibility index (Phi) is 3.18. The van der Waals surface area contributed by atoms with E-state index in [0.717, 1.165) is 11.2 Å². The van der Waals surface area contributed by atoms with E-state index in [9.17, 15) is 4.39 Å². The van der Waals surface area contributed by atoms with Crippen molar-refractivity contribution in [3.05, 3.63) is 65.6 Å². The van der Waals surface area contributed by atoms with Gasteiger partial charge in [-0.3, -0.25) is 0 Å². The first-order chi connectivity index (χ1) is 9.66. The topological polar surface area (TPSA) is 14.2 Å². The Balaban J connectivity index is 1.90. The first-order valence-electron chi connectivity index (χ1n) is 6.58. The maximum absolute atomic E-state index is 13.5. The first kappa shape index (κ1) is 12.7. The number of aryl methyl sites for hydroxylation is 2. The molecule has 102 valence electrons. The molecule has 2 nitrogen and oxygen atoms in total. The smallest absolute Gasteiger partial charge is 0.165 e. The molecule has 0 aliphatic rings. The molecule has 3 rings (SSSR count). The van der Waals surface area contributed by atoms with Crippen molar-refractivity contribution in [2.45, 2.75) is 13.5 Å². The van der Waals surface area contributed by atoms with Crippen molar-refractivity contribution in [2.24, 2.45) is 7.05 Å². The molecular weight excluding hydrogens is 253 g/mol. The van der Waals surface area contributed by atoms with Crippen LogP contribution in [0.2, 0.25) is 0 Å². The lowest BCUT2D eigenvalue weighted by Gasteiger charge is -2.08. The van der Waals surface area contributed by atoms with Gasteiger partial charge in [-0.15, -0.1) is 0 Å². The molecule has 1 aromatic heterocycles. The standard InChI is InChI=1S/C17H16FNO/c1-12-6-5-8-16-14(12)10-13(19(16)2)11-20-17-9-4-3-7-15(17)18/h3-10H,11H2,1-2H3. The summed E-state index contributed by atoms with van der Waals surface area (Å²) in [6, 6.07) is 14.8. The van der Waals surface area contributed by atoms with Gasteiger partial charge in [0.05, 0.1) is 5.69 Å². The summed E-state index contributed by atoms with van der Waals surface area (Å²) >= 11 is 0. The van der Waals surface area contributed by atoms with E-state index in [2.05, 4.69) is 29.7 Å². The van der Waals surface area contributed by atoms with Crippen LogP contribution in [0.5, 0.6) is 5.75 Å². The molecule has 0 atom stereocenters. The number of rotatable bonds is 3.